The van der Waals surface area contributed by atoms with Crippen LogP contribution in [0.5, 0.6) is 5.75 Å². The van der Waals surface area contributed by atoms with E-state index in [9.17, 15) is 9.18 Å². The lowest BCUT2D eigenvalue weighted by atomic mass is 10.2. The van der Waals surface area contributed by atoms with E-state index in [0.29, 0.717) is 22.2 Å². The minimum Gasteiger partial charge on any atom is -0.494 e. The Bertz CT molecular complexity index is 978. The number of hydrogen-bond donors (Lipinski definition) is 0. The maximum absolute atomic E-state index is 13.8. The van der Waals surface area contributed by atoms with Gasteiger partial charge in [0.2, 0.25) is 11.1 Å². The fourth-order valence-corrected chi connectivity index (χ4v) is 3.42. The van der Waals surface area contributed by atoms with Crippen LogP contribution in [0.4, 0.5) is 4.39 Å². The lowest BCUT2D eigenvalue weighted by Gasteiger charge is -2.17. The first kappa shape index (κ1) is 19.8. The van der Waals surface area contributed by atoms with Gasteiger partial charge in [0.15, 0.2) is 0 Å². The number of benzene rings is 2. The molecule has 0 saturated carbocycles. The van der Waals surface area contributed by atoms with Gasteiger partial charge in [0.25, 0.3) is 0 Å². The van der Waals surface area contributed by atoms with Gasteiger partial charge in [-0.05, 0) is 41.1 Å². The van der Waals surface area contributed by atoms with Gasteiger partial charge in [-0.25, -0.2) is 4.39 Å². The Morgan fingerprint density at radius 1 is 1.29 bits per heavy atom. The number of ether oxygens (including phenoxy) is 1. The lowest BCUT2D eigenvalue weighted by molar-refractivity contribution is -0.127. The molecule has 0 bridgehead atoms. The van der Waals surface area contributed by atoms with Crippen LogP contribution in [0.25, 0.3) is 5.69 Å². The van der Waals surface area contributed by atoms with Crippen molar-refractivity contribution in [2.24, 2.45) is 0 Å². The number of nitrogens with zero attached hydrogens (tertiary/aromatic N) is 5. The summed E-state index contributed by atoms with van der Waals surface area (Å²) < 4.78 is 20.7. The first-order valence-corrected chi connectivity index (χ1v) is 9.51. The molecule has 0 fully saturated rings. The van der Waals surface area contributed by atoms with Crippen LogP contribution in [0.2, 0.25) is 0 Å². The number of rotatable bonds is 7. The fraction of sp³-hybridized carbons (Fsp3) is 0.263. The molecule has 0 N–H and O–H groups in total. The number of hydrogen-bond acceptors (Lipinski definition) is 6. The zero-order valence-corrected chi connectivity index (χ0v) is 16.6. The quantitative estimate of drug-likeness (QED) is 0.567. The van der Waals surface area contributed by atoms with Crippen LogP contribution in [0.15, 0.2) is 47.6 Å². The Balaban J connectivity index is 1.69. The molecule has 1 aromatic heterocycles. The van der Waals surface area contributed by atoms with E-state index >= 15 is 0 Å². The Labute approximate surface area is 166 Å². The van der Waals surface area contributed by atoms with Crippen molar-refractivity contribution in [1.82, 2.24) is 25.1 Å². The largest absolute Gasteiger partial charge is 0.494 e. The van der Waals surface area contributed by atoms with Gasteiger partial charge in [-0.1, -0.05) is 36.0 Å². The number of aromatic nitrogens is 4. The summed E-state index contributed by atoms with van der Waals surface area (Å²) in [5.74, 6) is 0.270. The van der Waals surface area contributed by atoms with E-state index in [1.165, 1.54) is 22.7 Å². The average molecular weight is 401 g/mol. The van der Waals surface area contributed by atoms with Crippen LogP contribution in [-0.4, -0.2) is 50.9 Å². The van der Waals surface area contributed by atoms with Crippen molar-refractivity contribution >= 4 is 17.7 Å². The van der Waals surface area contributed by atoms with Gasteiger partial charge >= 0.3 is 0 Å². The third kappa shape index (κ3) is 4.48. The van der Waals surface area contributed by atoms with Crippen molar-refractivity contribution < 1.29 is 13.9 Å². The highest BCUT2D eigenvalue weighted by atomic mass is 32.2. The van der Waals surface area contributed by atoms with E-state index in [2.05, 4.69) is 15.5 Å². The number of thioether (sulfide) groups is 1. The van der Waals surface area contributed by atoms with Crippen molar-refractivity contribution in [2.45, 2.75) is 18.6 Å². The van der Waals surface area contributed by atoms with Gasteiger partial charge in [0, 0.05) is 19.2 Å². The van der Waals surface area contributed by atoms with Crippen LogP contribution in [0.3, 0.4) is 0 Å². The second-order valence-electron chi connectivity index (χ2n) is 6.18. The predicted molar refractivity (Wildman–Crippen MR) is 104 cm³/mol. The summed E-state index contributed by atoms with van der Waals surface area (Å²) in [5.41, 5.74) is 2.20. The van der Waals surface area contributed by atoms with E-state index in [4.69, 9.17) is 4.74 Å². The van der Waals surface area contributed by atoms with Gasteiger partial charge in [-0.15, -0.1) is 5.10 Å². The molecule has 2 aromatic carbocycles. The number of amides is 1. The molecule has 0 aliphatic heterocycles. The molecule has 3 rings (SSSR count). The van der Waals surface area contributed by atoms with Crippen LogP contribution in [0.1, 0.15) is 11.1 Å². The fourth-order valence-electron chi connectivity index (χ4n) is 2.59. The lowest BCUT2D eigenvalue weighted by Crippen LogP contribution is -2.28. The van der Waals surface area contributed by atoms with Gasteiger partial charge in [0.1, 0.15) is 17.3 Å². The normalized spacial score (nSPS) is 10.7. The van der Waals surface area contributed by atoms with Crippen molar-refractivity contribution in [3.63, 3.8) is 0 Å². The highest BCUT2D eigenvalue weighted by Gasteiger charge is 2.17. The van der Waals surface area contributed by atoms with Crippen LogP contribution in [0, 0.1) is 12.7 Å². The van der Waals surface area contributed by atoms with Crippen LogP contribution < -0.4 is 4.74 Å². The third-order valence-corrected chi connectivity index (χ3v) is 5.02. The number of carbonyl (C=O) groups excluding carboxylic acids is 1. The van der Waals surface area contributed by atoms with Gasteiger partial charge < -0.3 is 9.64 Å². The minimum absolute atomic E-state index is 0.124. The molecule has 9 heteroatoms. The molecule has 0 aliphatic carbocycles. The highest BCUT2D eigenvalue weighted by Crippen LogP contribution is 2.27. The molecule has 3 aromatic rings. The molecule has 0 atom stereocenters. The molecule has 7 nitrogen and oxygen atoms in total. The first-order valence-electron chi connectivity index (χ1n) is 8.53. The SMILES string of the molecule is COc1ccc(C)cc1-n1nnnc1SCC(=O)N(C)Cc1ccccc1F. The zero-order chi connectivity index (χ0) is 20.1. The second-order valence-corrected chi connectivity index (χ2v) is 7.12. The molecule has 28 heavy (non-hydrogen) atoms. The third-order valence-electron chi connectivity index (χ3n) is 4.12. The van der Waals surface area contributed by atoms with E-state index in [-0.39, 0.29) is 24.0 Å². The number of carbonyl (C=O) groups is 1. The molecule has 0 aliphatic rings. The summed E-state index contributed by atoms with van der Waals surface area (Å²) in [4.78, 5) is 13.9. The van der Waals surface area contributed by atoms with E-state index in [1.54, 1.807) is 37.0 Å². The Hall–Kier alpha value is -2.94. The van der Waals surface area contributed by atoms with Crippen molar-refractivity contribution in [3.05, 3.63) is 59.4 Å². The van der Waals surface area contributed by atoms with Crippen molar-refractivity contribution in [2.75, 3.05) is 19.9 Å². The maximum atomic E-state index is 13.8. The molecule has 1 amide bonds. The number of tetrazole rings is 1. The van der Waals surface area contributed by atoms with Gasteiger partial charge in [0.05, 0.1) is 12.9 Å². The summed E-state index contributed by atoms with van der Waals surface area (Å²) >= 11 is 1.21. The molecule has 1 heterocycles. The van der Waals surface area contributed by atoms with E-state index in [1.807, 2.05) is 25.1 Å². The van der Waals surface area contributed by atoms with Crippen molar-refractivity contribution in [1.29, 1.82) is 0 Å². The molecule has 0 saturated heterocycles. The van der Waals surface area contributed by atoms with Crippen molar-refractivity contribution in [3.8, 4) is 11.4 Å². The van der Waals surface area contributed by atoms with Crippen LogP contribution >= 0.6 is 11.8 Å². The zero-order valence-electron chi connectivity index (χ0n) is 15.8. The number of aryl methyl sites for hydroxylation is 1. The first-order chi connectivity index (χ1) is 13.5. The molecular formula is C19H20FN5O2S. The molecule has 0 radical (unpaired) electrons. The average Bonchev–Trinajstić information content (AvgIpc) is 3.16. The molecular weight excluding hydrogens is 381 g/mol. The molecule has 146 valence electrons. The maximum Gasteiger partial charge on any atom is 0.233 e. The summed E-state index contributed by atoms with van der Waals surface area (Å²) in [7, 11) is 3.22. The standard InChI is InChI=1S/C19H20FN5O2S/c1-13-8-9-17(27-3)16(10-13)25-19(21-22-23-25)28-12-18(26)24(2)11-14-6-4-5-7-15(14)20/h4-10H,11-12H2,1-3H3. The highest BCUT2D eigenvalue weighted by molar-refractivity contribution is 7.99. The predicted octanol–water partition coefficient (Wildman–Crippen LogP) is 2.87. The number of methoxy groups -OCH3 is 1. The van der Waals surface area contributed by atoms with Crippen LogP contribution in [-0.2, 0) is 11.3 Å². The Morgan fingerprint density at radius 3 is 2.82 bits per heavy atom. The minimum atomic E-state index is -0.328. The molecule has 0 unspecified atom stereocenters. The monoisotopic (exact) mass is 401 g/mol. The second kappa shape index (κ2) is 8.83. The topological polar surface area (TPSA) is 73.1 Å². The van der Waals surface area contributed by atoms with E-state index in [0.717, 1.165) is 5.56 Å². The summed E-state index contributed by atoms with van der Waals surface area (Å²) in [6, 6.07) is 12.1. The van der Waals surface area contributed by atoms with Gasteiger partial charge in [-0.2, -0.15) is 4.68 Å². The van der Waals surface area contributed by atoms with E-state index < -0.39 is 0 Å². The Kier molecular flexibility index (Phi) is 6.25. The smallest absolute Gasteiger partial charge is 0.233 e. The Morgan fingerprint density at radius 2 is 2.07 bits per heavy atom. The number of halogens is 1. The summed E-state index contributed by atoms with van der Waals surface area (Å²) in [6.45, 7) is 2.16. The van der Waals surface area contributed by atoms with Gasteiger partial charge in [-0.3, -0.25) is 4.79 Å². The molecule has 0 spiro atoms. The summed E-state index contributed by atoms with van der Waals surface area (Å²) in [5, 5.41) is 12.2. The summed E-state index contributed by atoms with van der Waals surface area (Å²) in [6.07, 6.45) is 0.